The molecule has 2 heteroatoms. The summed E-state index contributed by atoms with van der Waals surface area (Å²) in [5, 5.41) is 9.21. The third-order valence-corrected chi connectivity index (χ3v) is 6.72. The summed E-state index contributed by atoms with van der Waals surface area (Å²) in [7, 11) is -1.22. The van der Waals surface area contributed by atoms with Gasteiger partial charge in [0.2, 0.25) is 0 Å². The smallest absolute Gasteiger partial charge is 0.0803 e. The lowest BCUT2D eigenvalue weighted by Gasteiger charge is -2.33. The Morgan fingerprint density at radius 3 is 2.18 bits per heavy atom. The third-order valence-electron chi connectivity index (χ3n) is 3.12. The van der Waals surface area contributed by atoms with E-state index in [2.05, 4.69) is 13.1 Å². The van der Waals surface area contributed by atoms with Gasteiger partial charge in [-0.25, -0.2) is 0 Å². The van der Waals surface area contributed by atoms with Crippen LogP contribution in [0.15, 0.2) is 0 Å². The summed E-state index contributed by atoms with van der Waals surface area (Å²) < 4.78 is 0. The van der Waals surface area contributed by atoms with Crippen molar-refractivity contribution >= 4 is 8.07 Å². The van der Waals surface area contributed by atoms with Crippen molar-refractivity contribution < 1.29 is 5.11 Å². The topological polar surface area (TPSA) is 20.2 Å². The minimum Gasteiger partial charge on any atom is -0.400 e. The molecule has 11 heavy (non-hydrogen) atoms. The first-order chi connectivity index (χ1) is 5.17. The van der Waals surface area contributed by atoms with Gasteiger partial charge in [0.15, 0.2) is 0 Å². The number of aliphatic hydroxyl groups excluding tert-OH is 1. The van der Waals surface area contributed by atoms with Crippen molar-refractivity contribution in [3.8, 4) is 0 Å². The molecule has 0 aliphatic heterocycles. The minimum absolute atomic E-state index is 0.484. The summed E-state index contributed by atoms with van der Waals surface area (Å²) >= 11 is 0. The molecular weight excluding hydrogens is 152 g/mol. The van der Waals surface area contributed by atoms with E-state index in [0.29, 0.717) is 6.23 Å². The SMILES string of the molecule is C[Si](C)(CO)C1CCCCC1. The van der Waals surface area contributed by atoms with Crippen molar-refractivity contribution in [1.29, 1.82) is 0 Å². The first-order valence-corrected chi connectivity index (χ1v) is 8.06. The lowest BCUT2D eigenvalue weighted by molar-refractivity contribution is 0.349. The van der Waals surface area contributed by atoms with Gasteiger partial charge in [-0.15, -0.1) is 0 Å². The molecule has 1 nitrogen and oxygen atoms in total. The van der Waals surface area contributed by atoms with Gasteiger partial charge >= 0.3 is 0 Å². The van der Waals surface area contributed by atoms with E-state index in [4.69, 9.17) is 0 Å². The van der Waals surface area contributed by atoms with Crippen LogP contribution in [0.4, 0.5) is 0 Å². The van der Waals surface area contributed by atoms with E-state index in [1.807, 2.05) is 0 Å². The predicted octanol–water partition coefficient (Wildman–Crippen LogP) is 2.56. The summed E-state index contributed by atoms with van der Waals surface area (Å²) in [6.07, 6.45) is 7.49. The average molecular weight is 172 g/mol. The highest BCUT2D eigenvalue weighted by Crippen LogP contribution is 2.36. The molecule has 0 aromatic carbocycles. The fraction of sp³-hybridized carbons (Fsp3) is 1.00. The van der Waals surface area contributed by atoms with Gasteiger partial charge in [0.05, 0.1) is 8.07 Å². The molecule has 1 aliphatic rings. The number of aliphatic hydroxyl groups is 1. The number of hydrogen-bond donors (Lipinski definition) is 1. The Morgan fingerprint density at radius 2 is 1.73 bits per heavy atom. The van der Waals surface area contributed by atoms with Crippen LogP contribution in [0.25, 0.3) is 0 Å². The fourth-order valence-electron chi connectivity index (χ4n) is 2.01. The second-order valence-corrected chi connectivity index (χ2v) is 9.59. The molecule has 0 heterocycles. The molecule has 0 amide bonds. The molecule has 0 aromatic rings. The molecule has 0 aromatic heterocycles. The molecule has 0 bridgehead atoms. The van der Waals surface area contributed by atoms with Crippen molar-refractivity contribution in [3.63, 3.8) is 0 Å². The Hall–Kier alpha value is 0.177. The van der Waals surface area contributed by atoms with Gasteiger partial charge in [-0.05, 0) is 5.54 Å². The van der Waals surface area contributed by atoms with E-state index in [9.17, 15) is 5.11 Å². The lowest BCUT2D eigenvalue weighted by atomic mass is 10.0. The zero-order chi connectivity index (χ0) is 8.32. The molecule has 1 rings (SSSR count). The molecule has 1 fully saturated rings. The van der Waals surface area contributed by atoms with Gasteiger partial charge in [0, 0.05) is 6.23 Å². The van der Waals surface area contributed by atoms with Crippen molar-refractivity contribution in [1.82, 2.24) is 0 Å². The van der Waals surface area contributed by atoms with Crippen molar-refractivity contribution in [2.24, 2.45) is 0 Å². The molecular formula is C9H20OSi. The molecule has 0 saturated heterocycles. The Kier molecular flexibility index (Phi) is 3.13. The highest BCUT2D eigenvalue weighted by Gasteiger charge is 2.31. The molecule has 66 valence electrons. The van der Waals surface area contributed by atoms with Crippen LogP contribution >= 0.6 is 0 Å². The van der Waals surface area contributed by atoms with E-state index < -0.39 is 8.07 Å². The van der Waals surface area contributed by atoms with E-state index in [1.165, 1.54) is 32.1 Å². The van der Waals surface area contributed by atoms with Crippen molar-refractivity contribution in [3.05, 3.63) is 0 Å². The van der Waals surface area contributed by atoms with E-state index in [0.717, 1.165) is 5.54 Å². The van der Waals surface area contributed by atoms with Gasteiger partial charge in [-0.1, -0.05) is 45.2 Å². The third kappa shape index (κ3) is 2.31. The maximum absolute atomic E-state index is 9.21. The highest BCUT2D eigenvalue weighted by atomic mass is 28.3. The number of hydrogen-bond acceptors (Lipinski definition) is 1. The van der Waals surface area contributed by atoms with Gasteiger partial charge in [0.25, 0.3) is 0 Å². The van der Waals surface area contributed by atoms with Crippen LogP contribution in [-0.4, -0.2) is 19.4 Å². The molecule has 0 spiro atoms. The monoisotopic (exact) mass is 172 g/mol. The molecule has 0 atom stereocenters. The van der Waals surface area contributed by atoms with E-state index >= 15 is 0 Å². The van der Waals surface area contributed by atoms with E-state index in [-0.39, 0.29) is 0 Å². The molecule has 1 N–H and O–H groups in total. The largest absolute Gasteiger partial charge is 0.400 e. The van der Waals surface area contributed by atoms with Crippen LogP contribution in [0.3, 0.4) is 0 Å². The van der Waals surface area contributed by atoms with Gasteiger partial charge in [0.1, 0.15) is 0 Å². The normalized spacial score (nSPS) is 22.1. The maximum atomic E-state index is 9.21. The lowest BCUT2D eigenvalue weighted by Crippen LogP contribution is -2.38. The Morgan fingerprint density at radius 1 is 1.18 bits per heavy atom. The van der Waals surface area contributed by atoms with Crippen LogP contribution in [0.5, 0.6) is 0 Å². The summed E-state index contributed by atoms with van der Waals surface area (Å²) in [6.45, 7) is 4.64. The van der Waals surface area contributed by atoms with E-state index in [1.54, 1.807) is 0 Å². The Balaban J connectivity index is 2.43. The summed E-state index contributed by atoms with van der Waals surface area (Å²) in [5.41, 5.74) is 0.904. The molecule has 1 saturated carbocycles. The Bertz CT molecular complexity index is 117. The first kappa shape index (κ1) is 9.27. The van der Waals surface area contributed by atoms with Crippen LogP contribution < -0.4 is 0 Å². The summed E-state index contributed by atoms with van der Waals surface area (Å²) in [6, 6.07) is 0. The predicted molar refractivity (Wildman–Crippen MR) is 51.4 cm³/mol. The molecule has 0 unspecified atom stereocenters. The number of rotatable bonds is 2. The summed E-state index contributed by atoms with van der Waals surface area (Å²) in [4.78, 5) is 0. The average Bonchev–Trinajstić information content (AvgIpc) is 2.06. The second kappa shape index (κ2) is 3.72. The van der Waals surface area contributed by atoms with Gasteiger partial charge < -0.3 is 5.11 Å². The second-order valence-electron chi connectivity index (χ2n) is 4.48. The van der Waals surface area contributed by atoms with Crippen molar-refractivity contribution in [2.45, 2.75) is 50.7 Å². The Labute approximate surface area is 70.8 Å². The highest BCUT2D eigenvalue weighted by molar-refractivity contribution is 6.78. The minimum atomic E-state index is -1.22. The van der Waals surface area contributed by atoms with Crippen LogP contribution in [0.1, 0.15) is 32.1 Å². The van der Waals surface area contributed by atoms with Crippen LogP contribution in [0.2, 0.25) is 18.6 Å². The van der Waals surface area contributed by atoms with Crippen LogP contribution in [-0.2, 0) is 0 Å². The summed E-state index contributed by atoms with van der Waals surface area (Å²) in [5.74, 6) is 0. The quantitative estimate of drug-likeness (QED) is 0.635. The van der Waals surface area contributed by atoms with Gasteiger partial charge in [-0.2, -0.15) is 0 Å². The fourth-order valence-corrected chi connectivity index (χ4v) is 4.24. The standard InChI is InChI=1S/C9H20OSi/c1-11(2,8-10)9-6-4-3-5-7-9/h9-10H,3-8H2,1-2H3. The zero-order valence-electron chi connectivity index (χ0n) is 7.77. The van der Waals surface area contributed by atoms with Crippen LogP contribution in [0, 0.1) is 0 Å². The molecule has 0 radical (unpaired) electrons. The first-order valence-electron chi connectivity index (χ1n) is 4.77. The maximum Gasteiger partial charge on any atom is 0.0803 e. The van der Waals surface area contributed by atoms with Crippen molar-refractivity contribution in [2.75, 3.05) is 6.23 Å². The zero-order valence-corrected chi connectivity index (χ0v) is 8.77. The molecule has 1 aliphatic carbocycles. The van der Waals surface area contributed by atoms with Gasteiger partial charge in [-0.3, -0.25) is 0 Å².